The van der Waals surface area contributed by atoms with Gasteiger partial charge in [-0.3, -0.25) is 0 Å². The van der Waals surface area contributed by atoms with Crippen LogP contribution in [0.4, 0.5) is 13.2 Å². The van der Waals surface area contributed by atoms with Crippen LogP contribution in [0.3, 0.4) is 0 Å². The van der Waals surface area contributed by atoms with Gasteiger partial charge in [0.1, 0.15) is 0 Å². The molecule has 1 aliphatic carbocycles. The van der Waals surface area contributed by atoms with Crippen LogP contribution in [0, 0.1) is 0 Å². The first-order valence-electron chi connectivity index (χ1n) is 9.23. The average Bonchev–Trinajstić information content (AvgIpc) is 3.26. The molecule has 1 aromatic heterocycles. The summed E-state index contributed by atoms with van der Waals surface area (Å²) in [5.41, 5.74) is 1.66. The third-order valence-electron chi connectivity index (χ3n) is 5.36. The van der Waals surface area contributed by atoms with Crippen LogP contribution in [-0.2, 0) is 22.6 Å². The molecule has 30 heavy (non-hydrogen) atoms. The van der Waals surface area contributed by atoms with Crippen LogP contribution in [0.1, 0.15) is 29.2 Å². The zero-order chi connectivity index (χ0) is 21.7. The molecule has 0 spiro atoms. The molecule has 0 bridgehead atoms. The Kier molecular flexibility index (Phi) is 5.20. The van der Waals surface area contributed by atoms with Gasteiger partial charge in [-0.1, -0.05) is 29.8 Å². The molecule has 4 nitrogen and oxygen atoms in total. The van der Waals surface area contributed by atoms with Gasteiger partial charge in [0.05, 0.1) is 16.2 Å². The van der Waals surface area contributed by atoms with E-state index in [1.807, 2.05) is 0 Å². The van der Waals surface area contributed by atoms with E-state index in [1.54, 1.807) is 25.4 Å². The first-order chi connectivity index (χ1) is 14.1. The highest BCUT2D eigenvalue weighted by Crippen LogP contribution is 2.41. The third-order valence-corrected chi connectivity index (χ3v) is 7.25. The Morgan fingerprint density at radius 2 is 1.83 bits per heavy atom. The lowest BCUT2D eigenvalue weighted by molar-refractivity contribution is -0.137. The molecular formula is C21H18ClF3N2O2S. The predicted octanol–water partition coefficient (Wildman–Crippen LogP) is 5.27. The van der Waals surface area contributed by atoms with Gasteiger partial charge in [0.2, 0.25) is 0 Å². The van der Waals surface area contributed by atoms with E-state index in [2.05, 4.69) is 5.32 Å². The van der Waals surface area contributed by atoms with E-state index in [0.29, 0.717) is 17.7 Å². The third kappa shape index (κ3) is 3.53. The zero-order valence-electron chi connectivity index (χ0n) is 15.9. The van der Waals surface area contributed by atoms with Crippen molar-refractivity contribution in [3.05, 3.63) is 76.4 Å². The Labute approximate surface area is 177 Å². The second-order valence-corrected chi connectivity index (χ2v) is 9.38. The van der Waals surface area contributed by atoms with Crippen molar-refractivity contribution >= 4 is 21.6 Å². The minimum atomic E-state index is -4.47. The van der Waals surface area contributed by atoms with Crippen molar-refractivity contribution in [3.63, 3.8) is 0 Å². The molecule has 0 saturated heterocycles. The molecule has 0 saturated carbocycles. The van der Waals surface area contributed by atoms with Gasteiger partial charge in [-0.2, -0.15) is 13.2 Å². The number of rotatable bonds is 4. The lowest BCUT2D eigenvalue weighted by Crippen LogP contribution is -2.16. The average molecular weight is 455 g/mol. The number of aromatic nitrogens is 1. The maximum atomic E-state index is 13.4. The molecule has 3 aromatic rings. The van der Waals surface area contributed by atoms with Crippen LogP contribution in [0.5, 0.6) is 0 Å². The molecule has 158 valence electrons. The molecule has 0 fully saturated rings. The summed E-state index contributed by atoms with van der Waals surface area (Å²) < 4.78 is 66.9. The second-order valence-electron chi connectivity index (χ2n) is 7.12. The molecule has 9 heteroatoms. The van der Waals surface area contributed by atoms with E-state index in [9.17, 15) is 21.6 Å². The summed E-state index contributed by atoms with van der Waals surface area (Å²) in [5, 5.41) is 3.44. The fourth-order valence-electron chi connectivity index (χ4n) is 3.89. The molecule has 1 unspecified atom stereocenters. The number of nitrogens with zero attached hydrogens (tertiary/aromatic N) is 1. The van der Waals surface area contributed by atoms with E-state index in [0.717, 1.165) is 33.7 Å². The Hall–Kier alpha value is -2.29. The maximum Gasteiger partial charge on any atom is 0.416 e. The van der Waals surface area contributed by atoms with E-state index in [-0.39, 0.29) is 16.0 Å². The second kappa shape index (κ2) is 7.44. The number of alkyl halides is 3. The maximum absolute atomic E-state index is 13.4. The predicted molar refractivity (Wildman–Crippen MR) is 109 cm³/mol. The Morgan fingerprint density at radius 3 is 2.43 bits per heavy atom. The Balaban J connectivity index is 1.92. The molecule has 4 rings (SSSR count). The molecule has 2 aromatic carbocycles. The van der Waals surface area contributed by atoms with Gasteiger partial charge >= 0.3 is 6.18 Å². The zero-order valence-corrected chi connectivity index (χ0v) is 17.4. The van der Waals surface area contributed by atoms with Gasteiger partial charge in [-0.25, -0.2) is 12.4 Å². The van der Waals surface area contributed by atoms with Crippen LogP contribution in [-0.4, -0.2) is 19.4 Å². The summed E-state index contributed by atoms with van der Waals surface area (Å²) in [6, 6.07) is 10.5. The quantitative estimate of drug-likeness (QED) is 0.584. The lowest BCUT2D eigenvalue weighted by atomic mass is 10.0. The number of hydrogen-bond acceptors (Lipinski definition) is 3. The lowest BCUT2D eigenvalue weighted by Gasteiger charge is -2.14. The van der Waals surface area contributed by atoms with Gasteiger partial charge in [0.25, 0.3) is 10.0 Å². The van der Waals surface area contributed by atoms with Crippen molar-refractivity contribution in [2.24, 2.45) is 0 Å². The van der Waals surface area contributed by atoms with Crippen molar-refractivity contribution in [1.29, 1.82) is 0 Å². The molecule has 1 N–H and O–H groups in total. The summed E-state index contributed by atoms with van der Waals surface area (Å²) in [7, 11) is -2.21. The normalized spacial score (nSPS) is 16.6. The Bertz CT molecular complexity index is 1200. The SMILES string of the molecule is CNC1CCc2c1cn(S(=O)(=O)c1cccc(Cl)c1)c2-c1ccc(C(F)(F)F)cc1. The van der Waals surface area contributed by atoms with Crippen molar-refractivity contribution in [1.82, 2.24) is 9.29 Å². The van der Waals surface area contributed by atoms with E-state index in [4.69, 9.17) is 11.6 Å². The van der Waals surface area contributed by atoms with E-state index < -0.39 is 21.8 Å². The van der Waals surface area contributed by atoms with Crippen LogP contribution in [0.2, 0.25) is 5.02 Å². The summed E-state index contributed by atoms with van der Waals surface area (Å²) in [6.07, 6.45) is -1.50. The standard InChI is InChI=1S/C21H18ClF3N2O2S/c1-26-19-10-9-17-18(19)12-27(30(28,29)16-4-2-3-15(22)11-16)20(17)13-5-7-14(8-6-13)21(23,24)25/h2-8,11-12,19,26H,9-10H2,1H3. The highest BCUT2D eigenvalue weighted by atomic mass is 35.5. The number of fused-ring (bicyclic) bond motifs is 1. The minimum Gasteiger partial charge on any atom is -0.313 e. The van der Waals surface area contributed by atoms with Crippen LogP contribution in [0.15, 0.2) is 59.6 Å². The Morgan fingerprint density at radius 1 is 1.13 bits per heavy atom. The van der Waals surface area contributed by atoms with Gasteiger partial charge < -0.3 is 5.32 Å². The van der Waals surface area contributed by atoms with E-state index in [1.165, 1.54) is 24.3 Å². The molecule has 0 aliphatic heterocycles. The van der Waals surface area contributed by atoms with Gasteiger partial charge in [0.15, 0.2) is 0 Å². The number of nitrogens with one attached hydrogen (secondary N) is 1. The largest absolute Gasteiger partial charge is 0.416 e. The first-order valence-corrected chi connectivity index (χ1v) is 11.0. The van der Waals surface area contributed by atoms with Gasteiger partial charge in [0, 0.05) is 17.3 Å². The molecule has 1 aliphatic rings. The summed E-state index contributed by atoms with van der Waals surface area (Å²) >= 11 is 5.99. The van der Waals surface area contributed by atoms with Crippen LogP contribution in [0.25, 0.3) is 11.3 Å². The summed E-state index contributed by atoms with van der Waals surface area (Å²) in [4.78, 5) is 0.0119. The van der Waals surface area contributed by atoms with E-state index >= 15 is 0 Å². The molecular weight excluding hydrogens is 437 g/mol. The first kappa shape index (κ1) is 21.0. The number of benzene rings is 2. The summed E-state index contributed by atoms with van der Waals surface area (Å²) in [6.45, 7) is 0. The molecule has 0 radical (unpaired) electrons. The number of hydrogen-bond donors (Lipinski definition) is 1. The van der Waals surface area contributed by atoms with Gasteiger partial charge in [-0.15, -0.1) is 0 Å². The molecule has 1 atom stereocenters. The van der Waals surface area contributed by atoms with Crippen LogP contribution >= 0.6 is 11.6 Å². The number of halogens is 4. The van der Waals surface area contributed by atoms with Gasteiger partial charge in [-0.05, 0) is 66.9 Å². The molecule has 0 amide bonds. The van der Waals surface area contributed by atoms with Crippen molar-refractivity contribution in [2.45, 2.75) is 30.0 Å². The van der Waals surface area contributed by atoms with Crippen molar-refractivity contribution < 1.29 is 21.6 Å². The minimum absolute atomic E-state index is 0.0119. The topological polar surface area (TPSA) is 51.1 Å². The molecule has 1 heterocycles. The highest BCUT2D eigenvalue weighted by molar-refractivity contribution is 7.90. The monoisotopic (exact) mass is 454 g/mol. The van der Waals surface area contributed by atoms with Crippen LogP contribution < -0.4 is 5.32 Å². The highest BCUT2D eigenvalue weighted by Gasteiger charge is 2.34. The fourth-order valence-corrected chi connectivity index (χ4v) is 5.61. The summed E-state index contributed by atoms with van der Waals surface area (Å²) in [5.74, 6) is 0. The van der Waals surface area contributed by atoms with Crippen molar-refractivity contribution in [2.75, 3.05) is 7.05 Å². The fraction of sp³-hybridized carbons (Fsp3) is 0.238. The smallest absolute Gasteiger partial charge is 0.313 e. The van der Waals surface area contributed by atoms with Crippen molar-refractivity contribution in [3.8, 4) is 11.3 Å².